The van der Waals surface area contributed by atoms with Crippen molar-refractivity contribution in [2.75, 3.05) is 32.8 Å². The lowest BCUT2D eigenvalue weighted by Crippen LogP contribution is -2.35. The van der Waals surface area contributed by atoms with E-state index in [1.165, 1.54) is 5.56 Å². The first-order valence-electron chi connectivity index (χ1n) is 9.45. The summed E-state index contributed by atoms with van der Waals surface area (Å²) < 4.78 is 5.42. The van der Waals surface area contributed by atoms with Crippen LogP contribution in [0.25, 0.3) is 0 Å². The normalized spacial score (nSPS) is 22.2. The second kappa shape index (κ2) is 6.79. The molecule has 6 heteroatoms. The summed E-state index contributed by atoms with van der Waals surface area (Å²) in [6, 6.07) is 8.67. The van der Waals surface area contributed by atoms with Gasteiger partial charge < -0.3 is 15.0 Å². The van der Waals surface area contributed by atoms with Crippen LogP contribution in [0.2, 0.25) is 0 Å². The van der Waals surface area contributed by atoms with Crippen molar-refractivity contribution in [2.24, 2.45) is 4.99 Å². The first kappa shape index (κ1) is 16.5. The molecule has 0 aliphatic carbocycles. The average Bonchev–Trinajstić information content (AvgIpc) is 3.04. The first-order chi connectivity index (χ1) is 13.3. The number of amidine groups is 1. The van der Waals surface area contributed by atoms with Gasteiger partial charge in [-0.15, -0.1) is 0 Å². The van der Waals surface area contributed by atoms with Crippen LogP contribution in [0.3, 0.4) is 0 Å². The summed E-state index contributed by atoms with van der Waals surface area (Å²) in [4.78, 5) is 21.2. The van der Waals surface area contributed by atoms with E-state index in [4.69, 9.17) is 9.73 Å². The number of rotatable bonds is 3. The van der Waals surface area contributed by atoms with E-state index in [1.807, 2.05) is 12.3 Å². The summed E-state index contributed by atoms with van der Waals surface area (Å²) in [5.41, 5.74) is 5.48. The zero-order chi connectivity index (χ0) is 18.2. The molecular weight excluding hydrogens is 340 g/mol. The third-order valence-corrected chi connectivity index (χ3v) is 5.41. The van der Waals surface area contributed by atoms with E-state index >= 15 is 0 Å². The Morgan fingerprint density at radius 3 is 2.70 bits per heavy atom. The lowest BCUT2D eigenvalue weighted by molar-refractivity contribution is -0.115. The molecule has 5 rings (SSSR count). The molecule has 0 bridgehead atoms. The molecule has 1 aromatic carbocycles. The molecule has 27 heavy (non-hydrogen) atoms. The Bertz CT molecular complexity index is 889. The molecule has 1 saturated heterocycles. The molecule has 1 amide bonds. The van der Waals surface area contributed by atoms with E-state index in [0.717, 1.165) is 74.2 Å². The molecule has 1 N–H and O–H groups in total. The molecule has 6 nitrogen and oxygen atoms in total. The number of aliphatic imine (C=N–C) groups is 1. The summed E-state index contributed by atoms with van der Waals surface area (Å²) >= 11 is 0. The molecule has 1 fully saturated rings. The van der Waals surface area contributed by atoms with E-state index in [2.05, 4.69) is 39.4 Å². The van der Waals surface area contributed by atoms with Crippen molar-refractivity contribution in [3.05, 3.63) is 70.7 Å². The van der Waals surface area contributed by atoms with Crippen molar-refractivity contribution in [3.63, 3.8) is 0 Å². The number of carbonyl (C=O) groups is 1. The molecule has 4 aliphatic rings. The molecule has 0 spiro atoms. The Hall–Kier alpha value is -2.70. The van der Waals surface area contributed by atoms with Gasteiger partial charge in [-0.05, 0) is 11.6 Å². The van der Waals surface area contributed by atoms with Crippen molar-refractivity contribution in [1.82, 2.24) is 15.1 Å². The quantitative estimate of drug-likeness (QED) is 0.890. The van der Waals surface area contributed by atoms with Crippen molar-refractivity contribution in [2.45, 2.75) is 13.0 Å². The van der Waals surface area contributed by atoms with Gasteiger partial charge in [0.15, 0.2) is 0 Å². The Labute approximate surface area is 158 Å². The molecule has 0 radical (unpaired) electrons. The highest BCUT2D eigenvalue weighted by molar-refractivity contribution is 6.02. The van der Waals surface area contributed by atoms with Crippen molar-refractivity contribution in [3.8, 4) is 0 Å². The van der Waals surface area contributed by atoms with Crippen LogP contribution in [0.4, 0.5) is 0 Å². The van der Waals surface area contributed by atoms with Crippen LogP contribution in [-0.2, 0) is 16.1 Å². The van der Waals surface area contributed by atoms with Crippen LogP contribution in [0.1, 0.15) is 17.5 Å². The topological polar surface area (TPSA) is 57.2 Å². The lowest BCUT2D eigenvalue weighted by atomic mass is 10.1. The average molecular weight is 362 g/mol. The minimum atomic E-state index is -0.0661. The number of nitrogens with one attached hydrogen (secondary N) is 1. The van der Waals surface area contributed by atoms with Crippen molar-refractivity contribution < 1.29 is 9.53 Å². The van der Waals surface area contributed by atoms with Crippen molar-refractivity contribution >= 4 is 11.7 Å². The van der Waals surface area contributed by atoms with E-state index < -0.39 is 0 Å². The molecule has 0 unspecified atom stereocenters. The van der Waals surface area contributed by atoms with Gasteiger partial charge in [0.05, 0.1) is 18.9 Å². The maximum absolute atomic E-state index is 11.8. The predicted octanol–water partition coefficient (Wildman–Crippen LogP) is 1.77. The van der Waals surface area contributed by atoms with E-state index in [-0.39, 0.29) is 5.91 Å². The fourth-order valence-electron chi connectivity index (χ4n) is 4.03. The number of hydrogen-bond donors (Lipinski definition) is 1. The summed E-state index contributed by atoms with van der Waals surface area (Å²) in [7, 11) is 0. The maximum Gasteiger partial charge on any atom is 0.248 e. The Morgan fingerprint density at radius 1 is 1.07 bits per heavy atom. The van der Waals surface area contributed by atoms with Crippen molar-refractivity contribution in [1.29, 1.82) is 0 Å². The fraction of sp³-hybridized carbons (Fsp3) is 0.333. The van der Waals surface area contributed by atoms with Crippen LogP contribution in [-0.4, -0.2) is 54.4 Å². The Kier molecular flexibility index (Phi) is 4.14. The Balaban J connectivity index is 1.39. The van der Waals surface area contributed by atoms with Crippen LogP contribution in [0.15, 0.2) is 64.6 Å². The SMILES string of the molecule is O=C1C=CC2=CN=C(c3ccc(CN4CCOCC4)cc3)N3CCC(=C23)N1. The number of hydrogen-bond acceptors (Lipinski definition) is 5. The summed E-state index contributed by atoms with van der Waals surface area (Å²) in [5, 5.41) is 3.00. The van der Waals surface area contributed by atoms with Crippen LogP contribution >= 0.6 is 0 Å². The number of carbonyl (C=O) groups excluding carboxylic acids is 1. The van der Waals surface area contributed by atoms with Crippen LogP contribution in [0, 0.1) is 0 Å². The van der Waals surface area contributed by atoms with Gasteiger partial charge in [-0.3, -0.25) is 9.69 Å². The summed E-state index contributed by atoms with van der Waals surface area (Å²) in [6.07, 6.45) is 6.12. The molecule has 0 aromatic heterocycles. The summed E-state index contributed by atoms with van der Waals surface area (Å²) in [5.74, 6) is 0.884. The molecule has 138 valence electrons. The highest BCUT2D eigenvalue weighted by Crippen LogP contribution is 2.34. The fourth-order valence-corrected chi connectivity index (χ4v) is 4.03. The molecular formula is C21H22N4O2. The Morgan fingerprint density at radius 2 is 1.89 bits per heavy atom. The number of ether oxygens (including phenoxy) is 1. The third-order valence-electron chi connectivity index (χ3n) is 5.41. The number of benzene rings is 1. The molecule has 4 heterocycles. The number of nitrogens with zero attached hydrogens (tertiary/aromatic N) is 3. The predicted molar refractivity (Wildman–Crippen MR) is 103 cm³/mol. The second-order valence-electron chi connectivity index (χ2n) is 7.17. The minimum Gasteiger partial charge on any atom is -0.379 e. The largest absolute Gasteiger partial charge is 0.379 e. The van der Waals surface area contributed by atoms with Gasteiger partial charge in [0.25, 0.3) is 0 Å². The molecule has 0 atom stereocenters. The minimum absolute atomic E-state index is 0.0661. The van der Waals surface area contributed by atoms with Gasteiger partial charge in [-0.1, -0.05) is 24.3 Å². The summed E-state index contributed by atoms with van der Waals surface area (Å²) in [6.45, 7) is 5.42. The van der Waals surface area contributed by atoms with Crippen LogP contribution in [0.5, 0.6) is 0 Å². The van der Waals surface area contributed by atoms with Gasteiger partial charge in [-0.25, -0.2) is 4.99 Å². The number of morpholine rings is 1. The first-order valence-corrected chi connectivity index (χ1v) is 9.45. The zero-order valence-corrected chi connectivity index (χ0v) is 15.1. The molecule has 0 saturated carbocycles. The zero-order valence-electron chi connectivity index (χ0n) is 15.1. The van der Waals surface area contributed by atoms with E-state index in [1.54, 1.807) is 6.08 Å². The second-order valence-corrected chi connectivity index (χ2v) is 7.17. The van der Waals surface area contributed by atoms with Gasteiger partial charge in [-0.2, -0.15) is 0 Å². The lowest BCUT2D eigenvalue weighted by Gasteiger charge is -2.28. The highest BCUT2D eigenvalue weighted by Gasteiger charge is 2.32. The van der Waals surface area contributed by atoms with Crippen LogP contribution < -0.4 is 5.32 Å². The van der Waals surface area contributed by atoms with Gasteiger partial charge in [0.2, 0.25) is 5.91 Å². The van der Waals surface area contributed by atoms with E-state index in [9.17, 15) is 4.79 Å². The van der Waals surface area contributed by atoms with E-state index in [0.29, 0.717) is 0 Å². The maximum atomic E-state index is 11.8. The standard InChI is InChI=1S/C21H22N4O2/c26-19-6-5-17-13-22-21(25-8-7-18(23-19)20(17)25)16-3-1-15(2-4-16)14-24-9-11-27-12-10-24/h1-6,13H,7-12,14H2,(H,23,26). The van der Waals surface area contributed by atoms with Gasteiger partial charge in [0.1, 0.15) is 5.84 Å². The highest BCUT2D eigenvalue weighted by atomic mass is 16.5. The third kappa shape index (κ3) is 3.11. The molecule has 4 aliphatic heterocycles. The number of amides is 1. The molecule has 1 aromatic rings. The monoisotopic (exact) mass is 362 g/mol. The van der Waals surface area contributed by atoms with Gasteiger partial charge in [0, 0.05) is 61.7 Å². The smallest absolute Gasteiger partial charge is 0.248 e. The number of allylic oxidation sites excluding steroid dienone is 1. The van der Waals surface area contributed by atoms with Gasteiger partial charge >= 0.3 is 0 Å².